The van der Waals surface area contributed by atoms with Gasteiger partial charge in [-0.2, -0.15) is 0 Å². The number of imidazole rings is 1. The van der Waals surface area contributed by atoms with E-state index in [0.717, 1.165) is 53.7 Å². The van der Waals surface area contributed by atoms with Crippen molar-refractivity contribution in [1.29, 1.82) is 0 Å². The van der Waals surface area contributed by atoms with Crippen LogP contribution in [0.5, 0.6) is 0 Å². The molecule has 3 aromatic heterocycles. The van der Waals surface area contributed by atoms with E-state index in [9.17, 15) is 9.50 Å². The third-order valence-corrected chi connectivity index (χ3v) is 6.20. The highest BCUT2D eigenvalue weighted by atomic mass is 19.1. The summed E-state index contributed by atoms with van der Waals surface area (Å²) in [5.41, 5.74) is 3.66. The summed E-state index contributed by atoms with van der Waals surface area (Å²) in [6, 6.07) is 5.92. The Morgan fingerprint density at radius 3 is 2.68 bits per heavy atom. The van der Waals surface area contributed by atoms with Gasteiger partial charge in [-0.05, 0) is 70.2 Å². The van der Waals surface area contributed by atoms with Crippen LogP contribution in [0.15, 0.2) is 30.6 Å². The molecule has 1 fully saturated rings. The normalized spacial score (nSPS) is 19.5. The smallest absolute Gasteiger partial charge is 0.241 e. The van der Waals surface area contributed by atoms with E-state index in [1.165, 1.54) is 6.07 Å². The minimum absolute atomic E-state index is 0.184. The number of aliphatic hydroxyl groups excluding tert-OH is 1. The van der Waals surface area contributed by atoms with Gasteiger partial charge in [0.25, 0.3) is 0 Å². The van der Waals surface area contributed by atoms with Crippen molar-refractivity contribution in [2.24, 2.45) is 0 Å². The highest BCUT2D eigenvalue weighted by Crippen LogP contribution is 2.32. The molecule has 31 heavy (non-hydrogen) atoms. The second-order valence-corrected chi connectivity index (χ2v) is 8.74. The van der Waals surface area contributed by atoms with Gasteiger partial charge in [0.15, 0.2) is 5.82 Å². The minimum atomic E-state index is -0.326. The summed E-state index contributed by atoms with van der Waals surface area (Å²) in [7, 11) is 0. The van der Waals surface area contributed by atoms with Crippen LogP contribution in [0, 0.1) is 12.7 Å². The molecule has 162 valence electrons. The van der Waals surface area contributed by atoms with Crippen LogP contribution in [0.3, 0.4) is 0 Å². The number of benzene rings is 1. The predicted molar refractivity (Wildman–Crippen MR) is 119 cm³/mol. The zero-order valence-corrected chi connectivity index (χ0v) is 18.0. The first-order chi connectivity index (χ1) is 14.9. The van der Waals surface area contributed by atoms with Crippen molar-refractivity contribution < 1.29 is 9.50 Å². The van der Waals surface area contributed by atoms with Crippen LogP contribution in [0.4, 0.5) is 10.3 Å². The molecule has 1 saturated carbocycles. The molecule has 7 nitrogen and oxygen atoms in total. The van der Waals surface area contributed by atoms with Crippen molar-refractivity contribution in [2.45, 2.75) is 64.6 Å². The maximum absolute atomic E-state index is 14.9. The standard InChI is InChI=1S/C23H27FN6O/c1-13(2)30-14(3)26-22-19(24)10-15(11-20(22)30)18-8-9-29-21(18)12-25-23(28-29)27-16-4-6-17(31)7-5-16/h8-13,16-17,31H,4-7H2,1-3H3,(H,27,28). The summed E-state index contributed by atoms with van der Waals surface area (Å²) in [6.45, 7) is 6.05. The van der Waals surface area contributed by atoms with Crippen LogP contribution >= 0.6 is 0 Å². The first-order valence-corrected chi connectivity index (χ1v) is 10.9. The topological polar surface area (TPSA) is 80.3 Å². The maximum Gasteiger partial charge on any atom is 0.241 e. The number of nitrogens with one attached hydrogen (secondary N) is 1. The molecular weight excluding hydrogens is 395 g/mol. The van der Waals surface area contributed by atoms with Crippen molar-refractivity contribution in [3.05, 3.63) is 42.2 Å². The van der Waals surface area contributed by atoms with Crippen LogP contribution in [-0.4, -0.2) is 41.4 Å². The number of rotatable bonds is 4. The number of aromatic nitrogens is 5. The van der Waals surface area contributed by atoms with Crippen LogP contribution in [-0.2, 0) is 0 Å². The molecular formula is C23H27FN6O. The zero-order valence-electron chi connectivity index (χ0n) is 18.0. The van der Waals surface area contributed by atoms with Gasteiger partial charge in [-0.3, -0.25) is 0 Å². The molecule has 0 unspecified atom stereocenters. The number of anilines is 1. The molecule has 0 spiro atoms. The molecule has 0 saturated heterocycles. The Hall–Kier alpha value is -3.00. The number of hydrogen-bond acceptors (Lipinski definition) is 5. The van der Waals surface area contributed by atoms with Crippen molar-refractivity contribution >= 4 is 22.5 Å². The van der Waals surface area contributed by atoms with E-state index in [4.69, 9.17) is 0 Å². The Morgan fingerprint density at radius 2 is 1.94 bits per heavy atom. The third kappa shape index (κ3) is 3.54. The van der Waals surface area contributed by atoms with Crippen LogP contribution in [0.25, 0.3) is 27.7 Å². The van der Waals surface area contributed by atoms with Gasteiger partial charge in [-0.1, -0.05) is 0 Å². The van der Waals surface area contributed by atoms with Crippen LogP contribution in [0.1, 0.15) is 51.4 Å². The van der Waals surface area contributed by atoms with Crippen molar-refractivity contribution in [1.82, 2.24) is 24.1 Å². The highest BCUT2D eigenvalue weighted by Gasteiger charge is 2.21. The molecule has 0 aliphatic heterocycles. The lowest BCUT2D eigenvalue weighted by Crippen LogP contribution is -2.29. The zero-order chi connectivity index (χ0) is 21.7. The number of halogens is 1. The summed E-state index contributed by atoms with van der Waals surface area (Å²) in [5.74, 6) is 1.04. The molecule has 1 aromatic carbocycles. The predicted octanol–water partition coefficient (Wildman–Crippen LogP) is 4.49. The van der Waals surface area contributed by atoms with E-state index in [1.54, 1.807) is 10.7 Å². The summed E-state index contributed by atoms with van der Waals surface area (Å²) < 4.78 is 18.7. The summed E-state index contributed by atoms with van der Waals surface area (Å²) in [5, 5.41) is 17.6. The molecule has 0 radical (unpaired) electrons. The van der Waals surface area contributed by atoms with Gasteiger partial charge in [0, 0.05) is 23.8 Å². The molecule has 4 aromatic rings. The fourth-order valence-corrected chi connectivity index (χ4v) is 4.69. The van der Waals surface area contributed by atoms with Crippen LogP contribution < -0.4 is 5.32 Å². The van der Waals surface area contributed by atoms with E-state index >= 15 is 0 Å². The molecule has 3 heterocycles. The monoisotopic (exact) mass is 422 g/mol. The number of aliphatic hydroxyl groups is 1. The number of nitrogens with zero attached hydrogens (tertiary/aromatic N) is 5. The SMILES string of the molecule is Cc1nc2c(F)cc(-c3ccn4nc(NC5CCC(O)CC5)ncc34)cc2n1C(C)C. The second-order valence-electron chi connectivity index (χ2n) is 8.74. The largest absolute Gasteiger partial charge is 0.393 e. The quantitative estimate of drug-likeness (QED) is 0.507. The van der Waals surface area contributed by atoms with Gasteiger partial charge in [0.05, 0.1) is 23.3 Å². The maximum atomic E-state index is 14.9. The first-order valence-electron chi connectivity index (χ1n) is 10.9. The third-order valence-electron chi connectivity index (χ3n) is 6.20. The Labute approximate surface area is 179 Å². The molecule has 2 N–H and O–H groups in total. The number of fused-ring (bicyclic) bond motifs is 2. The van der Waals surface area contributed by atoms with Crippen molar-refractivity contribution in [3.8, 4) is 11.1 Å². The molecule has 1 aliphatic carbocycles. The lowest BCUT2D eigenvalue weighted by molar-refractivity contribution is 0.126. The molecule has 5 rings (SSSR count). The summed E-state index contributed by atoms with van der Waals surface area (Å²) in [4.78, 5) is 8.92. The van der Waals surface area contributed by atoms with Gasteiger partial charge in [0.1, 0.15) is 11.3 Å². The Bertz CT molecular complexity index is 1250. The Kier molecular flexibility index (Phi) is 4.89. The lowest BCUT2D eigenvalue weighted by Gasteiger charge is -2.26. The van der Waals surface area contributed by atoms with Crippen LogP contribution in [0.2, 0.25) is 0 Å². The molecule has 0 amide bonds. The van der Waals surface area contributed by atoms with Gasteiger partial charge < -0.3 is 15.0 Å². The van der Waals surface area contributed by atoms with E-state index < -0.39 is 0 Å². The minimum Gasteiger partial charge on any atom is -0.393 e. The molecule has 0 bridgehead atoms. The van der Waals surface area contributed by atoms with Gasteiger partial charge >= 0.3 is 0 Å². The van der Waals surface area contributed by atoms with E-state index in [1.807, 2.05) is 25.3 Å². The van der Waals surface area contributed by atoms with Gasteiger partial charge in [-0.15, -0.1) is 5.10 Å². The fourth-order valence-electron chi connectivity index (χ4n) is 4.69. The summed E-state index contributed by atoms with van der Waals surface area (Å²) >= 11 is 0. The fraction of sp³-hybridized carbons (Fsp3) is 0.435. The summed E-state index contributed by atoms with van der Waals surface area (Å²) in [6.07, 6.45) is 6.86. The van der Waals surface area contributed by atoms with Crippen molar-refractivity contribution in [3.63, 3.8) is 0 Å². The first kappa shape index (κ1) is 19.9. The average Bonchev–Trinajstić information content (AvgIpc) is 3.30. The molecule has 8 heteroatoms. The lowest BCUT2D eigenvalue weighted by atomic mass is 9.93. The van der Waals surface area contributed by atoms with Crippen molar-refractivity contribution in [2.75, 3.05) is 5.32 Å². The Balaban J connectivity index is 1.50. The Morgan fingerprint density at radius 1 is 1.16 bits per heavy atom. The number of hydrogen-bond donors (Lipinski definition) is 2. The second kappa shape index (κ2) is 7.60. The average molecular weight is 423 g/mol. The van der Waals surface area contributed by atoms with E-state index in [0.29, 0.717) is 11.5 Å². The van der Waals surface area contributed by atoms with Gasteiger partial charge in [0.2, 0.25) is 5.95 Å². The van der Waals surface area contributed by atoms with E-state index in [-0.39, 0.29) is 24.0 Å². The molecule has 0 atom stereocenters. The highest BCUT2D eigenvalue weighted by molar-refractivity contribution is 5.88. The number of aryl methyl sites for hydroxylation is 1. The van der Waals surface area contributed by atoms with Gasteiger partial charge in [-0.25, -0.2) is 18.9 Å². The molecule has 1 aliphatic rings. The van der Waals surface area contributed by atoms with E-state index in [2.05, 4.69) is 38.8 Å².